The van der Waals surface area contributed by atoms with Gasteiger partial charge in [-0.3, -0.25) is 4.90 Å². The van der Waals surface area contributed by atoms with E-state index in [1.807, 2.05) is 0 Å². The van der Waals surface area contributed by atoms with Crippen LogP contribution in [0.15, 0.2) is 0 Å². The smallest absolute Gasteiger partial charge is 0.0619 e. The number of hydrogen-bond acceptors (Lipinski definition) is 4. The summed E-state index contributed by atoms with van der Waals surface area (Å²) in [5.41, 5.74) is -0.0118. The van der Waals surface area contributed by atoms with Crippen molar-refractivity contribution in [1.82, 2.24) is 10.2 Å². The van der Waals surface area contributed by atoms with Gasteiger partial charge in [-0.15, -0.1) is 0 Å². The first-order valence-electron chi connectivity index (χ1n) is 7.94. The number of rotatable bonds is 4. The molecule has 4 nitrogen and oxygen atoms in total. The lowest BCUT2D eigenvalue weighted by Gasteiger charge is -2.47. The summed E-state index contributed by atoms with van der Waals surface area (Å²) in [5, 5.41) is 13.6. The first kappa shape index (κ1) is 13.8. The first-order valence-corrected chi connectivity index (χ1v) is 7.94. The van der Waals surface area contributed by atoms with Gasteiger partial charge in [0, 0.05) is 30.2 Å². The van der Waals surface area contributed by atoms with Crippen LogP contribution in [0, 0.1) is 0 Å². The molecular formula is C15H28N2O2. The third-order valence-corrected chi connectivity index (χ3v) is 5.10. The number of nitrogens with one attached hydrogen (secondary N) is 1. The van der Waals surface area contributed by atoms with E-state index in [4.69, 9.17) is 4.74 Å². The number of aliphatic hydroxyl groups excluding tert-OH is 1. The molecule has 3 unspecified atom stereocenters. The zero-order valence-electron chi connectivity index (χ0n) is 12.1. The fourth-order valence-corrected chi connectivity index (χ4v) is 3.88. The van der Waals surface area contributed by atoms with Gasteiger partial charge in [0.05, 0.1) is 19.8 Å². The molecule has 2 saturated carbocycles. The Hall–Kier alpha value is -0.160. The molecule has 1 heterocycles. The van der Waals surface area contributed by atoms with Crippen molar-refractivity contribution in [2.45, 2.75) is 69.1 Å². The van der Waals surface area contributed by atoms with Crippen molar-refractivity contribution in [3.63, 3.8) is 0 Å². The predicted octanol–water partition coefficient (Wildman–Crippen LogP) is 1.13. The van der Waals surface area contributed by atoms with Gasteiger partial charge in [0.25, 0.3) is 0 Å². The standard InChI is InChI=1S/C15H28N2O2/c1-12-10-19-8-7-17(12)14-3-2-6-15(9-14,11-18)16-13-4-5-13/h12-14,16,18H,2-11H2,1H3. The van der Waals surface area contributed by atoms with E-state index in [0.717, 1.165) is 32.6 Å². The van der Waals surface area contributed by atoms with Crippen LogP contribution in [0.2, 0.25) is 0 Å². The fraction of sp³-hybridized carbons (Fsp3) is 1.00. The molecule has 19 heavy (non-hydrogen) atoms. The van der Waals surface area contributed by atoms with Gasteiger partial charge < -0.3 is 15.2 Å². The van der Waals surface area contributed by atoms with E-state index in [1.165, 1.54) is 25.7 Å². The zero-order chi connectivity index (χ0) is 13.3. The fourth-order valence-electron chi connectivity index (χ4n) is 3.88. The molecule has 3 atom stereocenters. The molecule has 0 aromatic rings. The Morgan fingerprint density at radius 2 is 2.21 bits per heavy atom. The maximum Gasteiger partial charge on any atom is 0.0619 e. The summed E-state index contributed by atoms with van der Waals surface area (Å²) in [6, 6.07) is 1.81. The zero-order valence-corrected chi connectivity index (χ0v) is 12.1. The molecule has 1 saturated heterocycles. The Bertz CT molecular complexity index is 309. The molecule has 3 aliphatic rings. The lowest BCUT2D eigenvalue weighted by atomic mass is 9.78. The van der Waals surface area contributed by atoms with E-state index in [-0.39, 0.29) is 5.54 Å². The van der Waals surface area contributed by atoms with Crippen LogP contribution in [0.4, 0.5) is 0 Å². The highest BCUT2D eigenvalue weighted by molar-refractivity contribution is 5.01. The van der Waals surface area contributed by atoms with Crippen LogP contribution in [0.3, 0.4) is 0 Å². The molecule has 1 aliphatic heterocycles. The van der Waals surface area contributed by atoms with Crippen LogP contribution < -0.4 is 5.32 Å². The third-order valence-electron chi connectivity index (χ3n) is 5.10. The van der Waals surface area contributed by atoms with Crippen molar-refractivity contribution in [1.29, 1.82) is 0 Å². The van der Waals surface area contributed by atoms with Crippen LogP contribution in [-0.4, -0.2) is 60.0 Å². The van der Waals surface area contributed by atoms with Crippen LogP contribution >= 0.6 is 0 Å². The number of nitrogens with zero attached hydrogens (tertiary/aromatic N) is 1. The Kier molecular flexibility index (Phi) is 4.13. The molecule has 0 aromatic heterocycles. The van der Waals surface area contributed by atoms with Crippen molar-refractivity contribution >= 4 is 0 Å². The Labute approximate surface area is 116 Å². The van der Waals surface area contributed by atoms with E-state index < -0.39 is 0 Å². The molecule has 2 aliphatic carbocycles. The molecule has 0 spiro atoms. The summed E-state index contributed by atoms with van der Waals surface area (Å²) in [5.74, 6) is 0. The average molecular weight is 268 g/mol. The Morgan fingerprint density at radius 3 is 2.89 bits per heavy atom. The highest BCUT2D eigenvalue weighted by atomic mass is 16.5. The van der Waals surface area contributed by atoms with Gasteiger partial charge in [-0.05, 0) is 45.4 Å². The van der Waals surface area contributed by atoms with Crippen molar-refractivity contribution in [3.8, 4) is 0 Å². The van der Waals surface area contributed by atoms with Crippen LogP contribution in [-0.2, 0) is 4.74 Å². The molecule has 0 bridgehead atoms. The summed E-state index contributed by atoms with van der Waals surface area (Å²) in [7, 11) is 0. The van der Waals surface area contributed by atoms with Crippen molar-refractivity contribution < 1.29 is 9.84 Å². The normalized spacial score (nSPS) is 41.4. The molecule has 0 aromatic carbocycles. The Balaban J connectivity index is 1.65. The molecule has 2 N–H and O–H groups in total. The minimum absolute atomic E-state index is 0.0118. The molecule has 0 amide bonds. The van der Waals surface area contributed by atoms with Crippen molar-refractivity contribution in [3.05, 3.63) is 0 Å². The van der Waals surface area contributed by atoms with Gasteiger partial charge in [-0.1, -0.05) is 0 Å². The number of hydrogen-bond donors (Lipinski definition) is 2. The summed E-state index contributed by atoms with van der Waals surface area (Å²) >= 11 is 0. The molecule has 3 rings (SSSR count). The van der Waals surface area contributed by atoms with Crippen LogP contribution in [0.5, 0.6) is 0 Å². The summed E-state index contributed by atoms with van der Waals surface area (Å²) < 4.78 is 5.55. The minimum atomic E-state index is -0.0118. The second kappa shape index (κ2) is 5.68. The van der Waals surface area contributed by atoms with E-state index in [2.05, 4.69) is 17.1 Å². The SMILES string of the molecule is CC1COCCN1C1CCCC(CO)(NC2CC2)C1. The van der Waals surface area contributed by atoms with Crippen molar-refractivity contribution in [2.75, 3.05) is 26.4 Å². The van der Waals surface area contributed by atoms with Gasteiger partial charge in [0.1, 0.15) is 0 Å². The number of ether oxygens (including phenoxy) is 1. The second-order valence-corrected chi connectivity index (χ2v) is 6.77. The number of morpholine rings is 1. The maximum atomic E-state index is 9.89. The lowest BCUT2D eigenvalue weighted by Crippen LogP contribution is -2.59. The van der Waals surface area contributed by atoms with Crippen LogP contribution in [0.1, 0.15) is 45.4 Å². The van der Waals surface area contributed by atoms with Gasteiger partial charge in [-0.2, -0.15) is 0 Å². The van der Waals surface area contributed by atoms with Gasteiger partial charge in [-0.25, -0.2) is 0 Å². The van der Waals surface area contributed by atoms with Crippen molar-refractivity contribution in [2.24, 2.45) is 0 Å². The monoisotopic (exact) mass is 268 g/mol. The van der Waals surface area contributed by atoms with E-state index in [0.29, 0.717) is 24.7 Å². The first-order chi connectivity index (χ1) is 9.22. The highest BCUT2D eigenvalue weighted by Gasteiger charge is 2.42. The molecule has 3 fully saturated rings. The largest absolute Gasteiger partial charge is 0.394 e. The van der Waals surface area contributed by atoms with Crippen LogP contribution in [0.25, 0.3) is 0 Å². The second-order valence-electron chi connectivity index (χ2n) is 6.77. The molecular weight excluding hydrogens is 240 g/mol. The highest BCUT2D eigenvalue weighted by Crippen LogP contribution is 2.35. The topological polar surface area (TPSA) is 44.7 Å². The van der Waals surface area contributed by atoms with E-state index >= 15 is 0 Å². The van der Waals surface area contributed by atoms with E-state index in [1.54, 1.807) is 0 Å². The summed E-state index contributed by atoms with van der Waals surface area (Å²) in [6.07, 6.45) is 7.33. The van der Waals surface area contributed by atoms with Gasteiger partial charge in [0.2, 0.25) is 0 Å². The molecule has 110 valence electrons. The quantitative estimate of drug-likeness (QED) is 0.802. The number of aliphatic hydroxyl groups is 1. The molecule has 0 radical (unpaired) electrons. The third kappa shape index (κ3) is 3.13. The predicted molar refractivity (Wildman–Crippen MR) is 75.2 cm³/mol. The van der Waals surface area contributed by atoms with Gasteiger partial charge >= 0.3 is 0 Å². The lowest BCUT2D eigenvalue weighted by molar-refractivity contribution is -0.0431. The molecule has 4 heteroatoms. The summed E-state index contributed by atoms with van der Waals surface area (Å²) in [6.45, 7) is 5.33. The maximum absolute atomic E-state index is 9.89. The average Bonchev–Trinajstić information content (AvgIpc) is 3.23. The van der Waals surface area contributed by atoms with E-state index in [9.17, 15) is 5.11 Å². The Morgan fingerprint density at radius 1 is 1.37 bits per heavy atom. The van der Waals surface area contributed by atoms with Gasteiger partial charge in [0.15, 0.2) is 0 Å². The minimum Gasteiger partial charge on any atom is -0.394 e. The summed E-state index contributed by atoms with van der Waals surface area (Å²) in [4.78, 5) is 2.61.